The van der Waals surface area contributed by atoms with Gasteiger partial charge in [-0.25, -0.2) is 0 Å². The minimum absolute atomic E-state index is 0.115. The molecule has 0 radical (unpaired) electrons. The standard InChI is InChI=1S/C17H19ClN4O2/c1-10-4-6-12(7-5-10)22-9-8-13(17(22)24)19-16(23)15-14(18)11(2)21(3)20-15/h4-7,13H,8-9H2,1-3H3,(H,19,23). The van der Waals surface area contributed by atoms with E-state index in [1.165, 1.54) is 0 Å². The molecule has 0 spiro atoms. The number of hydrogen-bond acceptors (Lipinski definition) is 3. The number of carbonyl (C=O) groups excluding carboxylic acids is 2. The summed E-state index contributed by atoms with van der Waals surface area (Å²) in [6.45, 7) is 4.35. The molecule has 0 saturated carbocycles. The second-order valence-electron chi connectivity index (χ2n) is 6.01. The van der Waals surface area contributed by atoms with E-state index in [1.54, 1.807) is 23.6 Å². The minimum Gasteiger partial charge on any atom is -0.339 e. The van der Waals surface area contributed by atoms with Crippen molar-refractivity contribution in [3.63, 3.8) is 0 Å². The summed E-state index contributed by atoms with van der Waals surface area (Å²) < 4.78 is 1.55. The Bertz CT molecular complexity index is 798. The number of benzene rings is 1. The maximum atomic E-state index is 12.6. The van der Waals surface area contributed by atoms with Crippen molar-refractivity contribution < 1.29 is 9.59 Å². The maximum absolute atomic E-state index is 12.6. The quantitative estimate of drug-likeness (QED) is 0.926. The Morgan fingerprint density at radius 2 is 1.96 bits per heavy atom. The molecule has 1 aromatic heterocycles. The van der Waals surface area contributed by atoms with Gasteiger partial charge in [-0.2, -0.15) is 5.10 Å². The third kappa shape index (κ3) is 2.89. The van der Waals surface area contributed by atoms with E-state index in [1.807, 2.05) is 31.2 Å². The van der Waals surface area contributed by atoms with E-state index in [0.717, 1.165) is 11.3 Å². The molecule has 0 bridgehead atoms. The number of anilines is 1. The third-order valence-electron chi connectivity index (χ3n) is 4.33. The van der Waals surface area contributed by atoms with Crippen LogP contribution < -0.4 is 10.2 Å². The largest absolute Gasteiger partial charge is 0.339 e. The van der Waals surface area contributed by atoms with Gasteiger partial charge in [-0.15, -0.1) is 0 Å². The van der Waals surface area contributed by atoms with E-state index in [-0.39, 0.29) is 11.6 Å². The smallest absolute Gasteiger partial charge is 0.274 e. The van der Waals surface area contributed by atoms with Crippen LogP contribution in [0.4, 0.5) is 5.69 Å². The molecule has 1 aromatic carbocycles. The molecule has 1 aliphatic rings. The van der Waals surface area contributed by atoms with Gasteiger partial charge in [-0.05, 0) is 32.4 Å². The molecule has 3 rings (SSSR count). The molecule has 1 unspecified atom stereocenters. The highest BCUT2D eigenvalue weighted by Crippen LogP contribution is 2.23. The van der Waals surface area contributed by atoms with Crippen LogP contribution in [-0.2, 0) is 11.8 Å². The highest BCUT2D eigenvalue weighted by Gasteiger charge is 2.34. The first-order valence-corrected chi connectivity index (χ1v) is 8.14. The van der Waals surface area contributed by atoms with Crippen LogP contribution in [0.25, 0.3) is 0 Å². The molecular weight excluding hydrogens is 328 g/mol. The molecule has 126 valence electrons. The van der Waals surface area contributed by atoms with Crippen LogP contribution in [0, 0.1) is 13.8 Å². The van der Waals surface area contributed by atoms with E-state index >= 15 is 0 Å². The lowest BCUT2D eigenvalue weighted by atomic mass is 10.2. The van der Waals surface area contributed by atoms with E-state index in [9.17, 15) is 9.59 Å². The van der Waals surface area contributed by atoms with Crippen molar-refractivity contribution in [2.45, 2.75) is 26.3 Å². The number of aromatic nitrogens is 2. The van der Waals surface area contributed by atoms with Gasteiger partial charge in [0, 0.05) is 19.3 Å². The number of amides is 2. The van der Waals surface area contributed by atoms with Crippen LogP contribution in [0.1, 0.15) is 28.2 Å². The van der Waals surface area contributed by atoms with Gasteiger partial charge in [0.25, 0.3) is 5.91 Å². The zero-order valence-corrected chi connectivity index (χ0v) is 14.6. The average Bonchev–Trinajstić information content (AvgIpc) is 3.04. The first-order chi connectivity index (χ1) is 11.4. The number of halogens is 1. The molecule has 1 saturated heterocycles. The lowest BCUT2D eigenvalue weighted by Gasteiger charge is -2.17. The summed E-state index contributed by atoms with van der Waals surface area (Å²) in [7, 11) is 1.72. The van der Waals surface area contributed by atoms with Crippen LogP contribution in [0.5, 0.6) is 0 Å². The van der Waals surface area contributed by atoms with Gasteiger partial charge in [0.1, 0.15) is 6.04 Å². The van der Waals surface area contributed by atoms with E-state index < -0.39 is 11.9 Å². The Balaban J connectivity index is 1.72. The Morgan fingerprint density at radius 1 is 1.29 bits per heavy atom. The molecule has 24 heavy (non-hydrogen) atoms. The first kappa shape index (κ1) is 16.5. The highest BCUT2D eigenvalue weighted by atomic mass is 35.5. The summed E-state index contributed by atoms with van der Waals surface area (Å²) in [4.78, 5) is 26.6. The molecule has 0 aliphatic carbocycles. The van der Waals surface area contributed by atoms with E-state index in [4.69, 9.17) is 11.6 Å². The first-order valence-electron chi connectivity index (χ1n) is 7.76. The average molecular weight is 347 g/mol. The number of nitrogens with zero attached hydrogens (tertiary/aromatic N) is 3. The van der Waals surface area contributed by atoms with Crippen LogP contribution in [0.2, 0.25) is 5.02 Å². The van der Waals surface area contributed by atoms with Crippen molar-refractivity contribution in [2.24, 2.45) is 7.05 Å². The summed E-state index contributed by atoms with van der Waals surface area (Å²) in [6.07, 6.45) is 0.557. The Kier molecular flexibility index (Phi) is 4.32. The minimum atomic E-state index is -0.558. The van der Waals surface area contributed by atoms with Crippen molar-refractivity contribution in [3.8, 4) is 0 Å². The Labute approximate surface area is 145 Å². The molecule has 2 amide bonds. The maximum Gasteiger partial charge on any atom is 0.274 e. The van der Waals surface area contributed by atoms with E-state index in [2.05, 4.69) is 10.4 Å². The second kappa shape index (κ2) is 6.28. The van der Waals surface area contributed by atoms with E-state index in [0.29, 0.717) is 23.7 Å². The van der Waals surface area contributed by atoms with Gasteiger partial charge in [0.05, 0.1) is 10.7 Å². The fourth-order valence-corrected chi connectivity index (χ4v) is 2.99. The SMILES string of the molecule is Cc1ccc(N2CCC(NC(=O)c3nn(C)c(C)c3Cl)C2=O)cc1. The van der Waals surface area contributed by atoms with Crippen molar-refractivity contribution in [3.05, 3.63) is 46.2 Å². The number of aryl methyl sites for hydroxylation is 2. The lowest BCUT2D eigenvalue weighted by molar-refractivity contribution is -0.118. The van der Waals surface area contributed by atoms with Crippen LogP contribution >= 0.6 is 11.6 Å². The molecular formula is C17H19ClN4O2. The molecule has 1 N–H and O–H groups in total. The molecule has 1 aliphatic heterocycles. The van der Waals surface area contributed by atoms with Gasteiger partial charge in [-0.1, -0.05) is 29.3 Å². The lowest BCUT2D eigenvalue weighted by Crippen LogP contribution is -2.41. The number of rotatable bonds is 3. The fraction of sp³-hybridized carbons (Fsp3) is 0.353. The molecule has 1 atom stereocenters. The van der Waals surface area contributed by atoms with Crippen LogP contribution in [0.3, 0.4) is 0 Å². The zero-order valence-electron chi connectivity index (χ0n) is 13.8. The topological polar surface area (TPSA) is 67.2 Å². The Morgan fingerprint density at radius 3 is 2.54 bits per heavy atom. The predicted octanol–water partition coefficient (Wildman–Crippen LogP) is 2.23. The second-order valence-corrected chi connectivity index (χ2v) is 6.39. The summed E-state index contributed by atoms with van der Waals surface area (Å²) in [5.74, 6) is -0.538. The van der Waals surface area contributed by atoms with Gasteiger partial charge >= 0.3 is 0 Å². The van der Waals surface area contributed by atoms with Crippen molar-refractivity contribution >= 4 is 29.1 Å². The monoisotopic (exact) mass is 346 g/mol. The van der Waals surface area contributed by atoms with Crippen LogP contribution in [-0.4, -0.2) is 34.2 Å². The van der Waals surface area contributed by atoms with Gasteiger partial charge in [0.2, 0.25) is 5.91 Å². The molecule has 1 fully saturated rings. The Hall–Kier alpha value is -2.34. The number of hydrogen-bond donors (Lipinski definition) is 1. The fourth-order valence-electron chi connectivity index (χ4n) is 2.75. The van der Waals surface area contributed by atoms with Crippen molar-refractivity contribution in [1.29, 1.82) is 0 Å². The van der Waals surface area contributed by atoms with Gasteiger partial charge in [0.15, 0.2) is 5.69 Å². The summed E-state index contributed by atoms with van der Waals surface area (Å²) in [5.41, 5.74) is 2.84. The molecule has 2 heterocycles. The summed E-state index contributed by atoms with van der Waals surface area (Å²) >= 11 is 6.13. The van der Waals surface area contributed by atoms with Crippen LogP contribution in [0.15, 0.2) is 24.3 Å². The zero-order chi connectivity index (χ0) is 17.4. The summed E-state index contributed by atoms with van der Waals surface area (Å²) in [6, 6.07) is 7.19. The number of nitrogens with one attached hydrogen (secondary N) is 1. The number of carbonyl (C=O) groups is 2. The van der Waals surface area contributed by atoms with Gasteiger partial charge < -0.3 is 10.2 Å². The normalized spacial score (nSPS) is 17.4. The molecule has 2 aromatic rings. The predicted molar refractivity (Wildman–Crippen MR) is 92.4 cm³/mol. The highest BCUT2D eigenvalue weighted by molar-refractivity contribution is 6.34. The molecule has 7 heteroatoms. The summed E-state index contributed by atoms with van der Waals surface area (Å²) in [5, 5.41) is 7.17. The van der Waals surface area contributed by atoms with Crippen molar-refractivity contribution in [1.82, 2.24) is 15.1 Å². The third-order valence-corrected chi connectivity index (χ3v) is 4.79. The van der Waals surface area contributed by atoms with Crippen molar-refractivity contribution in [2.75, 3.05) is 11.4 Å². The molecule has 6 nitrogen and oxygen atoms in total. The van der Waals surface area contributed by atoms with Gasteiger partial charge in [-0.3, -0.25) is 14.3 Å².